The zero-order chi connectivity index (χ0) is 25.8. The number of benzene rings is 3. The second-order valence-corrected chi connectivity index (χ2v) is 9.07. The van der Waals surface area contributed by atoms with Crippen LogP contribution in [0.1, 0.15) is 39.4 Å². The number of H-pyrrole nitrogens is 1. The molecule has 1 unspecified atom stereocenters. The number of methoxy groups -OCH3 is 1. The monoisotopic (exact) mass is 517 g/mol. The van der Waals surface area contributed by atoms with Gasteiger partial charge in [-0.05, 0) is 53.9 Å². The minimum atomic E-state index is -0.745. The molecule has 184 valence electrons. The Bertz CT molecular complexity index is 1720. The van der Waals surface area contributed by atoms with Crippen molar-refractivity contribution in [3.05, 3.63) is 104 Å². The number of aromatic amines is 1. The van der Waals surface area contributed by atoms with Gasteiger partial charge in [0.05, 0.1) is 29.6 Å². The number of Topliss-reactive ketones (excluding diaryl/α,β-unsaturated/α-hetero) is 1. The third-order valence-corrected chi connectivity index (χ3v) is 6.84. The highest BCUT2D eigenvalue weighted by atomic mass is 35.5. The van der Waals surface area contributed by atoms with Crippen LogP contribution < -0.4 is 19.8 Å². The third kappa shape index (κ3) is 3.77. The fraction of sp³-hybridized carbons (Fsp3) is 0.107. The maximum Gasteiger partial charge on any atom is 0.312 e. The summed E-state index contributed by atoms with van der Waals surface area (Å²) in [4.78, 5) is 41.7. The number of carbonyl (C=O) groups excluding carboxylic acids is 2. The van der Waals surface area contributed by atoms with Crippen LogP contribution in [0, 0.1) is 5.82 Å². The maximum atomic E-state index is 14.4. The van der Waals surface area contributed by atoms with E-state index in [1.54, 1.807) is 24.3 Å². The lowest BCUT2D eigenvalue weighted by molar-refractivity contribution is -0.135. The number of ketones is 1. The molecular weight excluding hydrogens is 501 g/mol. The summed E-state index contributed by atoms with van der Waals surface area (Å²) in [6, 6.07) is 14.1. The molecule has 3 heterocycles. The van der Waals surface area contributed by atoms with Crippen LogP contribution >= 0.6 is 11.6 Å². The molecule has 3 aromatic carbocycles. The molecule has 7 nitrogen and oxygen atoms in total. The van der Waals surface area contributed by atoms with E-state index < -0.39 is 29.0 Å². The first-order valence-corrected chi connectivity index (χ1v) is 11.7. The van der Waals surface area contributed by atoms with Crippen molar-refractivity contribution in [2.45, 2.75) is 12.3 Å². The summed E-state index contributed by atoms with van der Waals surface area (Å²) in [6.45, 7) is 0. The van der Waals surface area contributed by atoms with E-state index in [1.165, 1.54) is 43.5 Å². The van der Waals surface area contributed by atoms with Gasteiger partial charge in [-0.25, -0.2) is 4.39 Å². The fourth-order valence-corrected chi connectivity index (χ4v) is 4.95. The fourth-order valence-electron chi connectivity index (χ4n) is 4.73. The highest BCUT2D eigenvalue weighted by molar-refractivity contribution is 6.32. The molecule has 6 rings (SSSR count). The van der Waals surface area contributed by atoms with Crippen LogP contribution in [0.3, 0.4) is 0 Å². The Hall–Kier alpha value is -4.43. The van der Waals surface area contributed by atoms with E-state index in [0.717, 1.165) is 5.39 Å². The molecule has 37 heavy (non-hydrogen) atoms. The molecule has 0 saturated carbocycles. The topological polar surface area (TPSA) is 94.7 Å². The van der Waals surface area contributed by atoms with E-state index in [9.17, 15) is 18.8 Å². The zero-order valence-electron chi connectivity index (χ0n) is 19.3. The first-order valence-electron chi connectivity index (χ1n) is 11.3. The molecule has 1 N–H and O–H groups in total. The van der Waals surface area contributed by atoms with E-state index in [0.29, 0.717) is 22.4 Å². The Kier molecular flexibility index (Phi) is 5.35. The lowest BCUT2D eigenvalue weighted by atomic mass is 9.85. The van der Waals surface area contributed by atoms with Gasteiger partial charge < -0.3 is 19.2 Å². The molecule has 0 amide bonds. The van der Waals surface area contributed by atoms with E-state index in [2.05, 4.69) is 4.98 Å². The molecule has 1 atom stereocenters. The minimum Gasteiger partial charge on any atom is -0.497 e. The molecule has 0 radical (unpaired) electrons. The highest BCUT2D eigenvalue weighted by Crippen LogP contribution is 2.48. The summed E-state index contributed by atoms with van der Waals surface area (Å²) >= 11 is 6.13. The lowest BCUT2D eigenvalue weighted by Gasteiger charge is -2.26. The van der Waals surface area contributed by atoms with Gasteiger partial charge in [0.1, 0.15) is 23.1 Å². The lowest BCUT2D eigenvalue weighted by Crippen LogP contribution is -2.26. The van der Waals surface area contributed by atoms with Crippen molar-refractivity contribution in [1.82, 2.24) is 4.98 Å². The van der Waals surface area contributed by atoms with Crippen LogP contribution in [0.5, 0.6) is 17.2 Å². The van der Waals surface area contributed by atoms with Gasteiger partial charge >= 0.3 is 5.97 Å². The number of nitrogens with one attached hydrogen (secondary N) is 1. The summed E-state index contributed by atoms with van der Waals surface area (Å²) < 4.78 is 31.0. The van der Waals surface area contributed by atoms with Crippen molar-refractivity contribution in [1.29, 1.82) is 0 Å². The average molecular weight is 518 g/mol. The van der Waals surface area contributed by atoms with Gasteiger partial charge in [-0.3, -0.25) is 14.4 Å². The SMILES string of the molecule is COc1ccc2cc(C3CC(=O)Oc4ccc5c(c43)OC(=Cc3c(F)cccc3Cl)C5=O)c(=O)[nH]c2c1. The molecule has 2 aliphatic heterocycles. The van der Waals surface area contributed by atoms with Crippen molar-refractivity contribution in [2.24, 2.45) is 0 Å². The minimum absolute atomic E-state index is 0.0126. The second kappa shape index (κ2) is 8.60. The van der Waals surface area contributed by atoms with Crippen LogP contribution in [0.4, 0.5) is 4.39 Å². The number of pyridine rings is 1. The molecule has 9 heteroatoms. The molecular formula is C28H17ClFNO6. The van der Waals surface area contributed by atoms with Crippen molar-refractivity contribution >= 4 is 40.3 Å². The van der Waals surface area contributed by atoms with E-state index >= 15 is 0 Å². The number of allylic oxidation sites excluding steroid dienone is 1. The Morgan fingerprint density at radius 1 is 1.08 bits per heavy atom. The number of carbonyl (C=O) groups is 2. The van der Waals surface area contributed by atoms with E-state index in [1.807, 2.05) is 0 Å². The highest BCUT2D eigenvalue weighted by Gasteiger charge is 2.39. The zero-order valence-corrected chi connectivity index (χ0v) is 20.0. The van der Waals surface area contributed by atoms with Crippen LogP contribution in [0.2, 0.25) is 5.02 Å². The van der Waals surface area contributed by atoms with E-state index in [-0.39, 0.29) is 39.8 Å². The summed E-state index contributed by atoms with van der Waals surface area (Å²) in [7, 11) is 1.53. The van der Waals surface area contributed by atoms with Gasteiger partial charge in [-0.1, -0.05) is 17.7 Å². The van der Waals surface area contributed by atoms with Crippen LogP contribution in [0.25, 0.3) is 17.0 Å². The van der Waals surface area contributed by atoms with Crippen LogP contribution in [0.15, 0.2) is 65.2 Å². The largest absolute Gasteiger partial charge is 0.497 e. The summed E-state index contributed by atoms with van der Waals surface area (Å²) in [5.41, 5.74) is 1.10. The van der Waals surface area contributed by atoms with Crippen molar-refractivity contribution < 1.29 is 28.2 Å². The Morgan fingerprint density at radius 2 is 1.92 bits per heavy atom. The van der Waals surface area contributed by atoms with Crippen LogP contribution in [-0.4, -0.2) is 23.8 Å². The molecule has 0 aliphatic carbocycles. The summed E-state index contributed by atoms with van der Waals surface area (Å²) in [5.74, 6) is -1.56. The summed E-state index contributed by atoms with van der Waals surface area (Å²) in [6.07, 6.45) is 1.11. The van der Waals surface area contributed by atoms with Crippen molar-refractivity contribution in [2.75, 3.05) is 7.11 Å². The Balaban J connectivity index is 1.50. The predicted molar refractivity (Wildman–Crippen MR) is 134 cm³/mol. The van der Waals surface area contributed by atoms with Gasteiger partial charge in [0, 0.05) is 28.7 Å². The smallest absolute Gasteiger partial charge is 0.312 e. The normalized spacial score (nSPS) is 17.4. The molecule has 1 aromatic heterocycles. The van der Waals surface area contributed by atoms with Gasteiger partial charge in [-0.2, -0.15) is 0 Å². The number of halogens is 2. The number of rotatable bonds is 3. The van der Waals surface area contributed by atoms with Crippen molar-refractivity contribution in [3.8, 4) is 17.2 Å². The van der Waals surface area contributed by atoms with Gasteiger partial charge in [-0.15, -0.1) is 0 Å². The van der Waals surface area contributed by atoms with Gasteiger partial charge in [0.15, 0.2) is 5.76 Å². The van der Waals surface area contributed by atoms with Crippen LogP contribution in [-0.2, 0) is 4.79 Å². The first kappa shape index (κ1) is 23.0. The molecule has 0 fully saturated rings. The van der Waals surface area contributed by atoms with Gasteiger partial charge in [0.25, 0.3) is 5.56 Å². The van der Waals surface area contributed by atoms with Gasteiger partial charge in [0.2, 0.25) is 5.78 Å². The molecule has 0 saturated heterocycles. The maximum absolute atomic E-state index is 14.4. The Morgan fingerprint density at radius 3 is 2.70 bits per heavy atom. The number of hydrogen-bond donors (Lipinski definition) is 1. The molecule has 2 aliphatic rings. The number of hydrogen-bond acceptors (Lipinski definition) is 6. The second-order valence-electron chi connectivity index (χ2n) is 8.67. The number of esters is 1. The number of ether oxygens (including phenoxy) is 3. The third-order valence-electron chi connectivity index (χ3n) is 6.51. The summed E-state index contributed by atoms with van der Waals surface area (Å²) in [5, 5.41) is 0.850. The first-order chi connectivity index (χ1) is 17.8. The quantitative estimate of drug-likeness (QED) is 0.222. The molecule has 0 bridgehead atoms. The van der Waals surface area contributed by atoms with E-state index in [4.69, 9.17) is 25.8 Å². The predicted octanol–water partition coefficient (Wildman–Crippen LogP) is 5.39. The average Bonchev–Trinajstić information content (AvgIpc) is 3.20. The standard InChI is InChI=1S/C28H17ClFNO6/c1-35-14-6-5-13-9-17(28(34)31-21(13)10-14)16-12-24(32)36-22-8-7-15-26(33)23(37-27(15)25(16)22)11-18-19(29)3-2-4-20(18)30/h2-11,16H,12H2,1H3,(H,31,34). The number of fused-ring (bicyclic) bond motifs is 4. The number of aromatic nitrogens is 1. The molecule has 4 aromatic rings. The Labute approximate surface area is 214 Å². The van der Waals surface area contributed by atoms with Crippen molar-refractivity contribution in [3.63, 3.8) is 0 Å². The molecule has 0 spiro atoms.